The summed E-state index contributed by atoms with van der Waals surface area (Å²) in [7, 11) is 0. The van der Waals surface area contributed by atoms with E-state index >= 15 is 0 Å². The first-order valence-electron chi connectivity index (χ1n) is 17.0. The number of hydrogen-bond donors (Lipinski definition) is 0. The maximum absolute atomic E-state index is 5.56. The molecule has 0 aromatic rings. The summed E-state index contributed by atoms with van der Waals surface area (Å²) in [5, 5.41) is 0. The zero-order valence-electron chi connectivity index (χ0n) is 28.7. The zero-order valence-corrected chi connectivity index (χ0v) is 31.6. The summed E-state index contributed by atoms with van der Waals surface area (Å²) < 4.78 is 72.1. The molecular weight excluding hydrogens is 755 g/mol. The molecule has 0 bridgehead atoms. The fourth-order valence-electron chi connectivity index (χ4n) is 3.45. The number of ether oxygens (including phenoxy) is 13. The highest BCUT2D eigenvalue weighted by Gasteiger charge is 1.97. The molecule has 0 saturated carbocycles. The van der Waals surface area contributed by atoms with Crippen LogP contribution in [0.25, 0.3) is 0 Å². The monoisotopic (exact) mass is 818 g/mol. The lowest BCUT2D eigenvalue weighted by Gasteiger charge is -2.09. The molecule has 0 aliphatic rings. The molecule has 47 heavy (non-hydrogen) atoms. The number of rotatable bonds is 44. The van der Waals surface area contributed by atoms with Crippen molar-refractivity contribution in [1.29, 1.82) is 0 Å². The van der Waals surface area contributed by atoms with Gasteiger partial charge >= 0.3 is 0 Å². The van der Waals surface area contributed by atoms with Crippen molar-refractivity contribution in [3.05, 3.63) is 0 Å². The molecule has 0 spiro atoms. The summed E-state index contributed by atoms with van der Waals surface area (Å²) in [6.45, 7) is 14.2. The van der Waals surface area contributed by atoms with Crippen LogP contribution in [0.2, 0.25) is 0 Å². The van der Waals surface area contributed by atoms with E-state index in [0.717, 1.165) is 13.0 Å². The third-order valence-corrected chi connectivity index (χ3v) is 6.77. The molecule has 13 nitrogen and oxygen atoms in total. The van der Waals surface area contributed by atoms with Crippen molar-refractivity contribution in [2.24, 2.45) is 0 Å². The van der Waals surface area contributed by atoms with Gasteiger partial charge in [0, 0.05) is 12.5 Å². The van der Waals surface area contributed by atoms with Gasteiger partial charge in [0.2, 0.25) is 0 Å². The molecule has 284 valence electrons. The summed E-state index contributed by atoms with van der Waals surface area (Å²) in [6, 6.07) is 0. The zero-order chi connectivity index (χ0) is 33.8. The van der Waals surface area contributed by atoms with E-state index in [9.17, 15) is 0 Å². The first kappa shape index (κ1) is 47.5. The molecule has 0 radical (unpaired) electrons. The van der Waals surface area contributed by atoms with Crippen LogP contribution in [0.15, 0.2) is 0 Å². The Morgan fingerprint density at radius 1 is 0.234 bits per heavy atom. The highest BCUT2D eigenvalue weighted by Crippen LogP contribution is 2.02. The molecule has 0 amide bonds. The van der Waals surface area contributed by atoms with Gasteiger partial charge in [-0.3, -0.25) is 0 Å². The van der Waals surface area contributed by atoms with Gasteiger partial charge in [0.1, 0.15) is 0 Å². The standard InChI is InChI=1S/C32H64ClIO13/c33-5-8-36-10-12-38-14-16-40-18-20-42-22-24-44-26-28-46-30-32-47-31-29-45-27-25-43-23-21-41-19-17-39-15-13-37-11-9-35-7-4-2-1-3-6-34/h1-32H2. The molecule has 0 N–H and O–H groups in total. The van der Waals surface area contributed by atoms with E-state index in [1.54, 1.807) is 0 Å². The van der Waals surface area contributed by atoms with Crippen molar-refractivity contribution in [1.82, 2.24) is 0 Å². The van der Waals surface area contributed by atoms with Gasteiger partial charge in [0.25, 0.3) is 0 Å². The summed E-state index contributed by atoms with van der Waals surface area (Å²) in [5.41, 5.74) is 0. The van der Waals surface area contributed by atoms with Crippen LogP contribution in [0.4, 0.5) is 0 Å². The fourth-order valence-corrected chi connectivity index (χ4v) is 4.10. The van der Waals surface area contributed by atoms with Crippen LogP contribution in [0.3, 0.4) is 0 Å². The first-order valence-corrected chi connectivity index (χ1v) is 19.1. The van der Waals surface area contributed by atoms with Gasteiger partial charge in [0.15, 0.2) is 0 Å². The highest BCUT2D eigenvalue weighted by molar-refractivity contribution is 14.1. The molecule has 0 heterocycles. The molecule has 0 aliphatic carbocycles. The smallest absolute Gasteiger partial charge is 0.0701 e. The Bertz CT molecular complexity index is 503. The van der Waals surface area contributed by atoms with Crippen molar-refractivity contribution in [2.45, 2.75) is 25.7 Å². The molecular formula is C32H64ClIO13. The lowest BCUT2D eigenvalue weighted by Crippen LogP contribution is -2.15. The van der Waals surface area contributed by atoms with E-state index in [1.165, 1.54) is 23.7 Å². The highest BCUT2D eigenvalue weighted by atomic mass is 127. The minimum atomic E-state index is 0.498. The van der Waals surface area contributed by atoms with Crippen molar-refractivity contribution in [3.63, 3.8) is 0 Å². The van der Waals surface area contributed by atoms with Crippen molar-refractivity contribution in [3.8, 4) is 0 Å². The van der Waals surface area contributed by atoms with Crippen molar-refractivity contribution in [2.75, 3.05) is 182 Å². The van der Waals surface area contributed by atoms with Crippen LogP contribution in [-0.4, -0.2) is 182 Å². The van der Waals surface area contributed by atoms with Gasteiger partial charge < -0.3 is 61.6 Å². The van der Waals surface area contributed by atoms with Gasteiger partial charge in [-0.05, 0) is 17.3 Å². The van der Waals surface area contributed by atoms with E-state index in [2.05, 4.69) is 22.6 Å². The van der Waals surface area contributed by atoms with Gasteiger partial charge in [-0.2, -0.15) is 0 Å². The number of hydrogen-bond acceptors (Lipinski definition) is 13. The largest absolute Gasteiger partial charge is 0.379 e. The summed E-state index contributed by atoms with van der Waals surface area (Å²) >= 11 is 7.93. The predicted octanol–water partition coefficient (Wildman–Crippen LogP) is 3.44. The fraction of sp³-hybridized carbons (Fsp3) is 1.00. The van der Waals surface area contributed by atoms with Crippen LogP contribution < -0.4 is 0 Å². The molecule has 0 saturated heterocycles. The Morgan fingerprint density at radius 2 is 0.426 bits per heavy atom. The van der Waals surface area contributed by atoms with Crippen LogP contribution in [0.5, 0.6) is 0 Å². The SMILES string of the molecule is ClCCOCCOCCOCCOCCOCCOCCOCCOCCOCCOCCOCCOCCOCCCCCCI. The molecule has 0 unspecified atom stereocenters. The molecule has 0 aliphatic heterocycles. The Kier molecular flexibility index (Phi) is 47.0. The van der Waals surface area contributed by atoms with Crippen molar-refractivity contribution < 1.29 is 61.6 Å². The number of alkyl halides is 2. The predicted molar refractivity (Wildman–Crippen MR) is 189 cm³/mol. The van der Waals surface area contributed by atoms with Gasteiger partial charge in [-0.15, -0.1) is 11.6 Å². The summed E-state index contributed by atoms with van der Waals surface area (Å²) in [6.07, 6.45) is 4.98. The Hall–Kier alpha value is 0.500. The van der Waals surface area contributed by atoms with E-state index in [-0.39, 0.29) is 0 Å². The molecule has 0 fully saturated rings. The number of halogens is 2. The van der Waals surface area contributed by atoms with Gasteiger partial charge in [-0.25, -0.2) is 0 Å². The number of unbranched alkanes of at least 4 members (excludes halogenated alkanes) is 3. The van der Waals surface area contributed by atoms with Crippen LogP contribution in [-0.2, 0) is 61.6 Å². The van der Waals surface area contributed by atoms with E-state index in [4.69, 9.17) is 73.2 Å². The van der Waals surface area contributed by atoms with Crippen LogP contribution in [0.1, 0.15) is 25.7 Å². The third kappa shape index (κ3) is 46.5. The Morgan fingerprint density at radius 3 is 0.638 bits per heavy atom. The van der Waals surface area contributed by atoms with Crippen molar-refractivity contribution >= 4 is 34.2 Å². The normalized spacial score (nSPS) is 11.6. The lowest BCUT2D eigenvalue weighted by molar-refractivity contribution is -0.0289. The maximum atomic E-state index is 5.56. The third-order valence-electron chi connectivity index (χ3n) is 5.86. The van der Waals surface area contributed by atoms with E-state index < -0.39 is 0 Å². The van der Waals surface area contributed by atoms with Crippen LogP contribution >= 0.6 is 34.2 Å². The second-order valence-corrected chi connectivity index (χ2v) is 11.2. The van der Waals surface area contributed by atoms with E-state index in [1.807, 2.05) is 0 Å². The summed E-state index contributed by atoms with van der Waals surface area (Å²) in [4.78, 5) is 0. The topological polar surface area (TPSA) is 120 Å². The average molecular weight is 819 g/mol. The second kappa shape index (κ2) is 46.5. The summed E-state index contributed by atoms with van der Waals surface area (Å²) in [5.74, 6) is 0.498. The Balaban J connectivity index is 3.03. The Labute approximate surface area is 302 Å². The minimum Gasteiger partial charge on any atom is -0.379 e. The van der Waals surface area contributed by atoms with Crippen LogP contribution in [0, 0.1) is 0 Å². The second-order valence-electron chi connectivity index (χ2n) is 9.75. The van der Waals surface area contributed by atoms with E-state index in [0.29, 0.717) is 171 Å². The first-order chi connectivity index (χ1) is 23.4. The lowest BCUT2D eigenvalue weighted by atomic mass is 10.2. The minimum absolute atomic E-state index is 0.498. The quantitative estimate of drug-likeness (QED) is 0.0508. The molecule has 0 aromatic carbocycles. The van der Waals surface area contributed by atoms with Gasteiger partial charge in [0.05, 0.1) is 165 Å². The van der Waals surface area contributed by atoms with Gasteiger partial charge in [-0.1, -0.05) is 35.4 Å². The molecule has 0 rings (SSSR count). The molecule has 0 atom stereocenters. The average Bonchev–Trinajstić information content (AvgIpc) is 3.08. The molecule has 15 heteroatoms. The molecule has 0 aromatic heterocycles. The maximum Gasteiger partial charge on any atom is 0.0701 e.